The molecule has 2 N–H and O–H groups in total. The summed E-state index contributed by atoms with van der Waals surface area (Å²) in [4.78, 5) is 12.1. The number of amides is 1. The highest BCUT2D eigenvalue weighted by Gasteiger charge is 2.08. The van der Waals surface area contributed by atoms with Crippen molar-refractivity contribution >= 4 is 11.6 Å². The van der Waals surface area contributed by atoms with Gasteiger partial charge in [0.05, 0.1) is 0 Å². The van der Waals surface area contributed by atoms with Crippen LogP contribution >= 0.6 is 0 Å². The molecule has 0 spiro atoms. The lowest BCUT2D eigenvalue weighted by molar-refractivity contribution is -0.116. The Morgan fingerprint density at radius 1 is 1.09 bits per heavy atom. The third kappa shape index (κ3) is 5.83. The summed E-state index contributed by atoms with van der Waals surface area (Å²) >= 11 is 0. The van der Waals surface area contributed by atoms with Crippen molar-refractivity contribution in [3.05, 3.63) is 40.5 Å². The fourth-order valence-corrected chi connectivity index (χ4v) is 3.29. The Bertz CT molecular complexity index is 552. The third-order valence-electron chi connectivity index (χ3n) is 4.48. The van der Waals surface area contributed by atoms with E-state index in [4.69, 9.17) is 0 Å². The second-order valence-electron chi connectivity index (χ2n) is 6.68. The summed E-state index contributed by atoms with van der Waals surface area (Å²) in [5, 5.41) is 6.44. The molecule has 2 rings (SSSR count). The first kappa shape index (κ1) is 17.7. The van der Waals surface area contributed by atoms with Gasteiger partial charge in [0.2, 0.25) is 5.91 Å². The van der Waals surface area contributed by atoms with Gasteiger partial charge in [-0.3, -0.25) is 4.79 Å². The van der Waals surface area contributed by atoms with E-state index in [0.29, 0.717) is 6.42 Å². The number of nitrogens with one attached hydrogen (secondary N) is 2. The number of benzene rings is 1. The summed E-state index contributed by atoms with van der Waals surface area (Å²) in [6, 6.07) is 4.22. The highest BCUT2D eigenvalue weighted by molar-refractivity contribution is 5.92. The Balaban J connectivity index is 1.68. The van der Waals surface area contributed by atoms with Crippen LogP contribution in [0.15, 0.2) is 23.8 Å². The Morgan fingerprint density at radius 2 is 1.83 bits per heavy atom. The van der Waals surface area contributed by atoms with Crippen LogP contribution in [0.25, 0.3) is 0 Å². The lowest BCUT2D eigenvalue weighted by Gasteiger charge is -2.14. The molecule has 0 saturated heterocycles. The number of anilines is 1. The van der Waals surface area contributed by atoms with Gasteiger partial charge in [0.1, 0.15) is 0 Å². The molecule has 0 unspecified atom stereocenters. The van der Waals surface area contributed by atoms with Gasteiger partial charge in [-0.25, -0.2) is 0 Å². The topological polar surface area (TPSA) is 41.1 Å². The monoisotopic (exact) mass is 314 g/mol. The molecule has 0 radical (unpaired) electrons. The van der Waals surface area contributed by atoms with E-state index in [2.05, 4.69) is 35.8 Å². The zero-order chi connectivity index (χ0) is 16.7. The average Bonchev–Trinajstić information content (AvgIpc) is 2.51. The van der Waals surface area contributed by atoms with Crippen LogP contribution in [-0.4, -0.2) is 19.0 Å². The largest absolute Gasteiger partial charge is 0.326 e. The van der Waals surface area contributed by atoms with Crippen LogP contribution in [0, 0.1) is 20.8 Å². The van der Waals surface area contributed by atoms with Gasteiger partial charge < -0.3 is 10.6 Å². The minimum atomic E-state index is 0.0874. The number of hydrogen-bond acceptors (Lipinski definition) is 2. The van der Waals surface area contributed by atoms with Crippen molar-refractivity contribution in [2.24, 2.45) is 0 Å². The molecule has 1 aliphatic rings. The van der Waals surface area contributed by atoms with Gasteiger partial charge in [0.15, 0.2) is 0 Å². The van der Waals surface area contributed by atoms with Crippen molar-refractivity contribution < 1.29 is 4.79 Å². The number of carbonyl (C=O) groups excluding carboxylic acids is 1. The molecule has 3 nitrogen and oxygen atoms in total. The fraction of sp³-hybridized carbons (Fsp3) is 0.550. The first-order valence-electron chi connectivity index (χ1n) is 8.82. The fourth-order valence-electron chi connectivity index (χ4n) is 3.29. The van der Waals surface area contributed by atoms with Crippen molar-refractivity contribution in [2.45, 2.75) is 59.3 Å². The maximum absolute atomic E-state index is 12.1. The Morgan fingerprint density at radius 3 is 2.48 bits per heavy atom. The van der Waals surface area contributed by atoms with E-state index >= 15 is 0 Å². The molecule has 1 aromatic rings. The molecule has 0 aliphatic heterocycles. The van der Waals surface area contributed by atoms with Crippen molar-refractivity contribution in [1.82, 2.24) is 5.32 Å². The second kappa shape index (κ2) is 8.88. The Labute approximate surface area is 140 Å². The normalized spacial score (nSPS) is 14.5. The maximum Gasteiger partial charge on any atom is 0.225 e. The molecule has 0 aromatic heterocycles. The van der Waals surface area contributed by atoms with Gasteiger partial charge in [0.25, 0.3) is 0 Å². The first-order valence-corrected chi connectivity index (χ1v) is 8.82. The number of allylic oxidation sites excluding steroid dienone is 1. The van der Waals surface area contributed by atoms with Gasteiger partial charge >= 0.3 is 0 Å². The molecule has 23 heavy (non-hydrogen) atoms. The van der Waals surface area contributed by atoms with Gasteiger partial charge in [-0.1, -0.05) is 29.3 Å². The lowest BCUT2D eigenvalue weighted by atomic mass is 9.97. The molecule has 1 aliphatic carbocycles. The first-order chi connectivity index (χ1) is 11.1. The van der Waals surface area contributed by atoms with E-state index in [9.17, 15) is 4.79 Å². The summed E-state index contributed by atoms with van der Waals surface area (Å²) in [5.74, 6) is 0.0874. The van der Waals surface area contributed by atoms with Crippen LogP contribution in [0.1, 0.15) is 55.2 Å². The highest BCUT2D eigenvalue weighted by atomic mass is 16.1. The number of hydrogen-bond donors (Lipinski definition) is 2. The molecule has 1 amide bonds. The quantitative estimate of drug-likeness (QED) is 0.578. The molecular formula is C20H30N2O. The number of carbonyl (C=O) groups is 1. The van der Waals surface area contributed by atoms with E-state index in [1.165, 1.54) is 31.2 Å². The summed E-state index contributed by atoms with van der Waals surface area (Å²) in [6.07, 6.45) is 9.21. The minimum absolute atomic E-state index is 0.0874. The smallest absolute Gasteiger partial charge is 0.225 e. The molecule has 0 saturated carbocycles. The molecular weight excluding hydrogens is 284 g/mol. The van der Waals surface area contributed by atoms with Crippen LogP contribution in [0.2, 0.25) is 0 Å². The average molecular weight is 314 g/mol. The zero-order valence-corrected chi connectivity index (χ0v) is 14.8. The molecule has 0 bridgehead atoms. The summed E-state index contributed by atoms with van der Waals surface area (Å²) in [5.41, 5.74) is 6.05. The van der Waals surface area contributed by atoms with Gasteiger partial charge in [0, 0.05) is 18.7 Å². The third-order valence-corrected chi connectivity index (χ3v) is 4.48. The Kier molecular flexibility index (Phi) is 6.85. The molecule has 0 fully saturated rings. The van der Waals surface area contributed by atoms with Gasteiger partial charge in [-0.05, 0) is 70.5 Å². The summed E-state index contributed by atoms with van der Waals surface area (Å²) < 4.78 is 0. The van der Waals surface area contributed by atoms with E-state index in [1.54, 1.807) is 5.57 Å². The Hall–Kier alpha value is -1.61. The van der Waals surface area contributed by atoms with E-state index in [-0.39, 0.29) is 5.91 Å². The van der Waals surface area contributed by atoms with Crippen molar-refractivity contribution in [2.75, 3.05) is 18.4 Å². The zero-order valence-electron chi connectivity index (χ0n) is 14.8. The molecule has 0 heterocycles. The molecule has 3 heteroatoms. The van der Waals surface area contributed by atoms with Crippen molar-refractivity contribution in [3.8, 4) is 0 Å². The van der Waals surface area contributed by atoms with Crippen molar-refractivity contribution in [3.63, 3.8) is 0 Å². The SMILES string of the molecule is Cc1cc(C)c(NC(=O)CCNCCC2=CCCCC2)c(C)c1. The van der Waals surface area contributed by atoms with Gasteiger partial charge in [-0.15, -0.1) is 0 Å². The summed E-state index contributed by atoms with van der Waals surface area (Å²) in [7, 11) is 0. The number of aryl methyl sites for hydroxylation is 3. The van der Waals surface area contributed by atoms with E-state index in [1.807, 2.05) is 13.8 Å². The molecule has 0 atom stereocenters. The molecule has 126 valence electrons. The van der Waals surface area contributed by atoms with E-state index in [0.717, 1.165) is 36.3 Å². The standard InChI is InChI=1S/C20H30N2O/c1-15-13-16(2)20(17(3)14-15)22-19(23)10-12-21-11-9-18-7-5-4-6-8-18/h7,13-14,21H,4-6,8-12H2,1-3H3,(H,22,23). The second-order valence-corrected chi connectivity index (χ2v) is 6.68. The van der Waals surface area contributed by atoms with Crippen molar-refractivity contribution in [1.29, 1.82) is 0 Å². The van der Waals surface area contributed by atoms with Crippen LogP contribution in [0.5, 0.6) is 0 Å². The van der Waals surface area contributed by atoms with Crippen LogP contribution in [-0.2, 0) is 4.79 Å². The van der Waals surface area contributed by atoms with Gasteiger partial charge in [-0.2, -0.15) is 0 Å². The predicted molar refractivity (Wildman–Crippen MR) is 97.9 cm³/mol. The maximum atomic E-state index is 12.1. The predicted octanol–water partition coefficient (Wildman–Crippen LogP) is 4.42. The molecule has 1 aromatic carbocycles. The van der Waals surface area contributed by atoms with Crippen LogP contribution in [0.3, 0.4) is 0 Å². The van der Waals surface area contributed by atoms with Crippen LogP contribution < -0.4 is 10.6 Å². The number of rotatable bonds is 7. The minimum Gasteiger partial charge on any atom is -0.326 e. The summed E-state index contributed by atoms with van der Waals surface area (Å²) in [6.45, 7) is 7.89. The van der Waals surface area contributed by atoms with Crippen LogP contribution in [0.4, 0.5) is 5.69 Å². The lowest BCUT2D eigenvalue weighted by Crippen LogP contribution is -2.23. The van der Waals surface area contributed by atoms with E-state index < -0.39 is 0 Å². The highest BCUT2D eigenvalue weighted by Crippen LogP contribution is 2.22.